The number of hydrogen-bond donors (Lipinski definition) is 2. The Bertz CT molecular complexity index is 192. The Morgan fingerprint density at radius 1 is 1.54 bits per heavy atom. The third kappa shape index (κ3) is 3.74. The molecular weight excluding hydrogens is 170 g/mol. The van der Waals surface area contributed by atoms with Gasteiger partial charge < -0.3 is 10.2 Å². The molecule has 0 aromatic heterocycles. The number of rotatable bonds is 4. The third-order valence-corrected chi connectivity index (χ3v) is 2.11. The van der Waals surface area contributed by atoms with Crippen molar-refractivity contribution >= 4 is 5.97 Å². The molecule has 76 valence electrons. The normalized spacial score (nSPS) is 19.9. The predicted octanol–water partition coefficient (Wildman–Crippen LogP) is 0.164. The molecule has 13 heavy (non-hydrogen) atoms. The highest BCUT2D eigenvalue weighted by molar-refractivity contribution is 5.67. The van der Waals surface area contributed by atoms with Gasteiger partial charge in [0.15, 0.2) is 0 Å². The van der Waals surface area contributed by atoms with Gasteiger partial charge in [-0.25, -0.2) is 0 Å². The Morgan fingerprint density at radius 2 is 2.08 bits per heavy atom. The molecule has 2 N–H and O–H groups in total. The maximum absolute atomic E-state index is 10.3. The van der Waals surface area contributed by atoms with Crippen molar-refractivity contribution in [1.82, 2.24) is 4.90 Å². The topological polar surface area (TPSA) is 60.8 Å². The summed E-state index contributed by atoms with van der Waals surface area (Å²) in [6.07, 6.45) is 0.252. The minimum Gasteiger partial charge on any atom is -0.481 e. The quantitative estimate of drug-likeness (QED) is 0.658. The van der Waals surface area contributed by atoms with Gasteiger partial charge in [0.1, 0.15) is 0 Å². The van der Waals surface area contributed by atoms with Crippen LogP contribution in [0, 0.1) is 5.92 Å². The van der Waals surface area contributed by atoms with Crippen LogP contribution in [0.2, 0.25) is 0 Å². The molecule has 0 aliphatic carbocycles. The van der Waals surface area contributed by atoms with E-state index in [1.165, 1.54) is 0 Å². The monoisotopic (exact) mass is 187 g/mol. The second-order valence-electron chi connectivity index (χ2n) is 4.47. The largest absolute Gasteiger partial charge is 0.481 e. The standard InChI is InChI=1S/C9H17NO3/c1-9(2,13)6-10-4-7(5-10)3-8(11)12/h7,13H,3-6H2,1-2H3,(H,11,12). The summed E-state index contributed by atoms with van der Waals surface area (Å²) >= 11 is 0. The highest BCUT2D eigenvalue weighted by Crippen LogP contribution is 2.20. The summed E-state index contributed by atoms with van der Waals surface area (Å²) in [7, 11) is 0. The zero-order chi connectivity index (χ0) is 10.1. The molecule has 4 nitrogen and oxygen atoms in total. The fourth-order valence-electron chi connectivity index (χ4n) is 1.73. The molecule has 0 bridgehead atoms. The SMILES string of the molecule is CC(C)(O)CN1CC(CC(=O)O)C1. The summed E-state index contributed by atoms with van der Waals surface area (Å²) < 4.78 is 0. The van der Waals surface area contributed by atoms with Crippen molar-refractivity contribution in [3.05, 3.63) is 0 Å². The number of β-amino-alcohol motifs (C(OH)–C–C–N with tert-alkyl or cyclic N) is 1. The lowest BCUT2D eigenvalue weighted by Gasteiger charge is -2.41. The van der Waals surface area contributed by atoms with Gasteiger partial charge in [0.05, 0.1) is 12.0 Å². The van der Waals surface area contributed by atoms with E-state index in [2.05, 4.69) is 4.90 Å². The zero-order valence-electron chi connectivity index (χ0n) is 8.16. The molecule has 1 fully saturated rings. The van der Waals surface area contributed by atoms with Gasteiger partial charge in [-0.3, -0.25) is 9.69 Å². The minimum absolute atomic E-state index is 0.252. The van der Waals surface area contributed by atoms with E-state index in [4.69, 9.17) is 5.11 Å². The molecule has 0 unspecified atom stereocenters. The molecule has 1 aliphatic rings. The first-order chi connectivity index (χ1) is 5.87. The van der Waals surface area contributed by atoms with Crippen molar-refractivity contribution in [2.75, 3.05) is 19.6 Å². The fourth-order valence-corrected chi connectivity index (χ4v) is 1.73. The van der Waals surface area contributed by atoms with Crippen molar-refractivity contribution in [2.24, 2.45) is 5.92 Å². The van der Waals surface area contributed by atoms with E-state index in [0.717, 1.165) is 13.1 Å². The molecule has 1 rings (SSSR count). The summed E-state index contributed by atoms with van der Waals surface area (Å²) in [5.74, 6) is -0.451. The van der Waals surface area contributed by atoms with Gasteiger partial charge in [-0.2, -0.15) is 0 Å². The highest BCUT2D eigenvalue weighted by atomic mass is 16.4. The van der Waals surface area contributed by atoms with E-state index in [-0.39, 0.29) is 12.3 Å². The van der Waals surface area contributed by atoms with Crippen molar-refractivity contribution in [1.29, 1.82) is 0 Å². The van der Waals surface area contributed by atoms with E-state index >= 15 is 0 Å². The van der Waals surface area contributed by atoms with Crippen LogP contribution in [-0.2, 0) is 4.79 Å². The average Bonchev–Trinajstić information content (AvgIpc) is 1.78. The van der Waals surface area contributed by atoms with E-state index < -0.39 is 11.6 Å². The Labute approximate surface area is 78.2 Å². The number of nitrogens with zero attached hydrogens (tertiary/aromatic N) is 1. The molecule has 1 saturated heterocycles. The first-order valence-corrected chi connectivity index (χ1v) is 4.53. The number of carboxylic acids is 1. The Balaban J connectivity index is 2.15. The van der Waals surface area contributed by atoms with E-state index in [0.29, 0.717) is 6.54 Å². The zero-order valence-corrected chi connectivity index (χ0v) is 8.16. The lowest BCUT2D eigenvalue weighted by molar-refractivity contribution is -0.139. The number of carbonyl (C=O) groups is 1. The molecule has 0 aromatic carbocycles. The van der Waals surface area contributed by atoms with Gasteiger partial charge in [0, 0.05) is 19.6 Å². The van der Waals surface area contributed by atoms with Crippen LogP contribution < -0.4 is 0 Å². The number of aliphatic hydroxyl groups is 1. The van der Waals surface area contributed by atoms with Crippen LogP contribution >= 0.6 is 0 Å². The summed E-state index contributed by atoms with van der Waals surface area (Å²) in [6, 6.07) is 0. The first-order valence-electron chi connectivity index (χ1n) is 4.53. The van der Waals surface area contributed by atoms with Gasteiger partial charge >= 0.3 is 5.97 Å². The fraction of sp³-hybridized carbons (Fsp3) is 0.889. The molecule has 0 spiro atoms. The molecule has 0 aromatic rings. The van der Waals surface area contributed by atoms with Crippen LogP contribution in [0.4, 0.5) is 0 Å². The van der Waals surface area contributed by atoms with Crippen LogP contribution in [0.15, 0.2) is 0 Å². The van der Waals surface area contributed by atoms with E-state index in [9.17, 15) is 9.90 Å². The van der Waals surface area contributed by atoms with Gasteiger partial charge in [0.2, 0.25) is 0 Å². The Kier molecular flexibility index (Phi) is 2.93. The van der Waals surface area contributed by atoms with Crippen LogP contribution in [0.3, 0.4) is 0 Å². The van der Waals surface area contributed by atoms with Crippen LogP contribution in [0.5, 0.6) is 0 Å². The minimum atomic E-state index is -0.729. The van der Waals surface area contributed by atoms with Gasteiger partial charge in [-0.1, -0.05) is 0 Å². The average molecular weight is 187 g/mol. The number of likely N-dealkylation sites (tertiary alicyclic amines) is 1. The lowest BCUT2D eigenvalue weighted by atomic mass is 9.94. The second kappa shape index (κ2) is 3.64. The molecule has 0 atom stereocenters. The molecule has 0 radical (unpaired) electrons. The third-order valence-electron chi connectivity index (χ3n) is 2.11. The molecule has 1 heterocycles. The smallest absolute Gasteiger partial charge is 0.303 e. The van der Waals surface area contributed by atoms with E-state index in [1.807, 2.05) is 0 Å². The number of aliphatic carboxylic acids is 1. The molecule has 1 aliphatic heterocycles. The highest BCUT2D eigenvalue weighted by Gasteiger charge is 2.31. The molecule has 0 saturated carbocycles. The Hall–Kier alpha value is -0.610. The van der Waals surface area contributed by atoms with Crippen molar-refractivity contribution < 1.29 is 15.0 Å². The van der Waals surface area contributed by atoms with Crippen molar-refractivity contribution in [2.45, 2.75) is 25.9 Å². The predicted molar refractivity (Wildman–Crippen MR) is 48.5 cm³/mol. The molecule has 4 heteroatoms. The van der Waals surface area contributed by atoms with Crippen LogP contribution in [-0.4, -0.2) is 46.3 Å². The maximum Gasteiger partial charge on any atom is 0.303 e. The summed E-state index contributed by atoms with van der Waals surface area (Å²) in [5.41, 5.74) is -0.672. The van der Waals surface area contributed by atoms with Crippen LogP contribution in [0.1, 0.15) is 20.3 Å². The van der Waals surface area contributed by atoms with E-state index in [1.54, 1.807) is 13.8 Å². The van der Waals surface area contributed by atoms with Gasteiger partial charge in [-0.05, 0) is 19.8 Å². The lowest BCUT2D eigenvalue weighted by Crippen LogP contribution is -2.52. The van der Waals surface area contributed by atoms with Crippen LogP contribution in [0.25, 0.3) is 0 Å². The first kappa shape index (κ1) is 10.5. The molecular formula is C9H17NO3. The Morgan fingerprint density at radius 3 is 2.46 bits per heavy atom. The summed E-state index contributed by atoms with van der Waals surface area (Å²) in [4.78, 5) is 12.4. The van der Waals surface area contributed by atoms with Crippen molar-refractivity contribution in [3.63, 3.8) is 0 Å². The number of hydrogen-bond acceptors (Lipinski definition) is 3. The van der Waals surface area contributed by atoms with Crippen molar-refractivity contribution in [3.8, 4) is 0 Å². The molecule has 0 amide bonds. The summed E-state index contributed by atoms with van der Waals surface area (Å²) in [5, 5.41) is 18.0. The van der Waals surface area contributed by atoms with Gasteiger partial charge in [0.25, 0.3) is 0 Å². The summed E-state index contributed by atoms with van der Waals surface area (Å²) in [6.45, 7) is 5.75. The van der Waals surface area contributed by atoms with Gasteiger partial charge in [-0.15, -0.1) is 0 Å². The maximum atomic E-state index is 10.3. The second-order valence-corrected chi connectivity index (χ2v) is 4.47. The number of carboxylic acid groups (broad SMARTS) is 1.